The van der Waals surface area contributed by atoms with E-state index in [1.807, 2.05) is 29.2 Å². The number of carbonyl (C=O) groups excluding carboxylic acids is 1. The number of esters is 1. The second-order valence-corrected chi connectivity index (χ2v) is 14.0. The molecule has 12 heteroatoms. The Bertz CT molecular complexity index is 1950. The van der Waals surface area contributed by atoms with E-state index in [1.165, 1.54) is 13.3 Å². The number of pyridine rings is 1. The quantitative estimate of drug-likeness (QED) is 0.106. The fraction of sp³-hybridized carbons (Fsp3) is 0.390. The van der Waals surface area contributed by atoms with Gasteiger partial charge in [-0.2, -0.15) is 0 Å². The number of benzene rings is 3. The number of hydrogen-bond acceptors (Lipinski definition) is 10. The van der Waals surface area contributed by atoms with Crippen LogP contribution in [0, 0.1) is 13.8 Å². The van der Waals surface area contributed by atoms with E-state index in [1.54, 1.807) is 18.3 Å². The van der Waals surface area contributed by atoms with Crippen LogP contribution in [0.5, 0.6) is 17.2 Å². The number of aromatic nitrogens is 1. The molecule has 0 saturated carbocycles. The molecule has 0 spiro atoms. The second kappa shape index (κ2) is 17.4. The summed E-state index contributed by atoms with van der Waals surface area (Å²) in [5, 5.41) is 19.7. The number of nitrogens with zero attached hydrogens (tertiary/aromatic N) is 3. The molecule has 280 valence electrons. The molecule has 0 radical (unpaired) electrons. The van der Waals surface area contributed by atoms with E-state index in [9.17, 15) is 19.8 Å². The van der Waals surface area contributed by atoms with Crippen molar-refractivity contribution in [2.75, 3.05) is 46.4 Å². The highest BCUT2D eigenvalue weighted by atomic mass is 35.5. The Hall–Kier alpha value is -4.68. The van der Waals surface area contributed by atoms with E-state index < -0.39 is 11.9 Å². The van der Waals surface area contributed by atoms with Crippen LogP contribution in [0.25, 0.3) is 11.1 Å². The average Bonchev–Trinajstić information content (AvgIpc) is 3.58. The molecule has 0 unspecified atom stereocenters. The van der Waals surface area contributed by atoms with E-state index in [-0.39, 0.29) is 25.9 Å². The van der Waals surface area contributed by atoms with Crippen molar-refractivity contribution in [3.63, 3.8) is 0 Å². The lowest BCUT2D eigenvalue weighted by molar-refractivity contribution is -0.138. The molecule has 53 heavy (non-hydrogen) atoms. The van der Waals surface area contributed by atoms with E-state index in [0.29, 0.717) is 53.8 Å². The number of carboxylic acid groups (broad SMARTS) is 1. The molecule has 2 aliphatic heterocycles. The molecule has 3 heterocycles. The SMILES string of the molecule is COC(=O)c1cncc(COc2cc(OCc3cccc(-c4cccc(OCCCN5CC[C@@H](O)C5)c4C)c3C)c(Cl)c3c2CN(CC(=O)O)CC3)c1. The Kier molecular flexibility index (Phi) is 12.5. The summed E-state index contributed by atoms with van der Waals surface area (Å²) < 4.78 is 23.8. The Morgan fingerprint density at radius 3 is 2.43 bits per heavy atom. The monoisotopic (exact) mass is 743 g/mol. The fourth-order valence-corrected chi connectivity index (χ4v) is 7.38. The standard InChI is InChI=1S/C41H46ClN3O8/c1-26-29(7-4-8-32(26)33-9-5-10-36(27(33)2)51-16-6-13-44-14-11-31(46)21-44)25-53-38-18-37(52-24-28-17-30(20-43-19-28)41(49)50-3)35-22-45(23-39(47)48)15-12-34(35)40(38)42/h4-5,7-10,17-20,31,46H,6,11-16,21-25H2,1-3H3,(H,47,48)/t31-/m1/s1. The lowest BCUT2D eigenvalue weighted by Gasteiger charge is -2.30. The maximum absolute atomic E-state index is 12.1. The largest absolute Gasteiger partial charge is 0.493 e. The maximum Gasteiger partial charge on any atom is 0.339 e. The molecule has 0 bridgehead atoms. The number of carboxylic acids is 1. The summed E-state index contributed by atoms with van der Waals surface area (Å²) >= 11 is 7.00. The number of aliphatic hydroxyl groups excluding tert-OH is 1. The van der Waals surface area contributed by atoms with Crippen LogP contribution in [-0.2, 0) is 35.7 Å². The van der Waals surface area contributed by atoms with Crippen LogP contribution < -0.4 is 14.2 Å². The van der Waals surface area contributed by atoms with Gasteiger partial charge in [0.05, 0.1) is 37.0 Å². The molecule has 6 rings (SSSR count). The number of likely N-dealkylation sites (tertiary alicyclic amines) is 1. The summed E-state index contributed by atoms with van der Waals surface area (Å²) in [6, 6.07) is 15.7. The summed E-state index contributed by atoms with van der Waals surface area (Å²) in [6.07, 6.45) is 5.09. The van der Waals surface area contributed by atoms with Crippen LogP contribution in [0.3, 0.4) is 0 Å². The molecule has 11 nitrogen and oxygen atoms in total. The Labute approximate surface area is 315 Å². The minimum Gasteiger partial charge on any atom is -0.493 e. The Morgan fingerprint density at radius 1 is 0.906 bits per heavy atom. The first-order chi connectivity index (χ1) is 25.6. The zero-order chi connectivity index (χ0) is 37.5. The van der Waals surface area contributed by atoms with Crippen LogP contribution in [0.1, 0.15) is 56.6 Å². The molecule has 1 aromatic heterocycles. The number of ether oxygens (including phenoxy) is 4. The molecule has 0 amide bonds. The van der Waals surface area contributed by atoms with Gasteiger partial charge in [-0.3, -0.25) is 14.7 Å². The Balaban J connectivity index is 1.19. The predicted octanol–water partition coefficient (Wildman–Crippen LogP) is 6.24. The number of aliphatic hydroxyl groups is 1. The normalized spacial score (nSPS) is 15.9. The highest BCUT2D eigenvalue weighted by Crippen LogP contribution is 2.41. The van der Waals surface area contributed by atoms with Gasteiger partial charge in [-0.05, 0) is 78.6 Å². The van der Waals surface area contributed by atoms with Gasteiger partial charge in [-0.1, -0.05) is 41.9 Å². The first-order valence-electron chi connectivity index (χ1n) is 17.9. The van der Waals surface area contributed by atoms with Crippen molar-refractivity contribution in [2.24, 2.45) is 0 Å². The van der Waals surface area contributed by atoms with Crippen molar-refractivity contribution in [3.8, 4) is 28.4 Å². The molecule has 0 aliphatic carbocycles. The fourth-order valence-electron chi connectivity index (χ4n) is 7.06. The number of hydrogen-bond donors (Lipinski definition) is 2. The van der Waals surface area contributed by atoms with Crippen molar-refractivity contribution in [2.45, 2.75) is 59.0 Å². The number of aliphatic carboxylic acids is 1. The minimum atomic E-state index is -0.908. The van der Waals surface area contributed by atoms with Crippen LogP contribution in [0.4, 0.5) is 0 Å². The summed E-state index contributed by atoms with van der Waals surface area (Å²) in [4.78, 5) is 31.9. The van der Waals surface area contributed by atoms with Gasteiger partial charge in [0.15, 0.2) is 0 Å². The van der Waals surface area contributed by atoms with Gasteiger partial charge in [-0.15, -0.1) is 0 Å². The molecular formula is C41H46ClN3O8. The van der Waals surface area contributed by atoms with Gasteiger partial charge in [0, 0.05) is 62.3 Å². The topological polar surface area (TPSA) is 131 Å². The van der Waals surface area contributed by atoms with Crippen LogP contribution >= 0.6 is 11.6 Å². The first kappa shape index (κ1) is 38.1. The van der Waals surface area contributed by atoms with Crippen molar-refractivity contribution in [1.29, 1.82) is 0 Å². The Morgan fingerprint density at radius 2 is 1.68 bits per heavy atom. The van der Waals surface area contributed by atoms with Gasteiger partial charge < -0.3 is 34.1 Å². The van der Waals surface area contributed by atoms with Gasteiger partial charge in [0.25, 0.3) is 0 Å². The van der Waals surface area contributed by atoms with E-state index in [0.717, 1.165) is 77.2 Å². The number of carbonyl (C=O) groups is 2. The molecule has 1 fully saturated rings. The van der Waals surface area contributed by atoms with Gasteiger partial charge in [0.1, 0.15) is 30.5 Å². The van der Waals surface area contributed by atoms with Gasteiger partial charge >= 0.3 is 11.9 Å². The smallest absolute Gasteiger partial charge is 0.339 e. The number of methoxy groups -OCH3 is 1. The van der Waals surface area contributed by atoms with Gasteiger partial charge in [0.2, 0.25) is 0 Å². The molecule has 1 atom stereocenters. The lowest BCUT2D eigenvalue weighted by Crippen LogP contribution is -2.35. The molecule has 2 N–H and O–H groups in total. The van der Waals surface area contributed by atoms with Gasteiger partial charge in [-0.25, -0.2) is 4.79 Å². The average molecular weight is 744 g/mol. The third kappa shape index (κ3) is 9.28. The van der Waals surface area contributed by atoms with E-state index in [4.69, 9.17) is 30.5 Å². The lowest BCUT2D eigenvalue weighted by atomic mass is 9.93. The minimum absolute atomic E-state index is 0.103. The second-order valence-electron chi connectivity index (χ2n) is 13.6. The molecular weight excluding hydrogens is 698 g/mol. The molecule has 3 aromatic carbocycles. The van der Waals surface area contributed by atoms with Crippen molar-refractivity contribution < 1.29 is 38.7 Å². The van der Waals surface area contributed by atoms with Crippen LogP contribution in [-0.4, -0.2) is 89.5 Å². The van der Waals surface area contributed by atoms with Crippen LogP contribution in [0.15, 0.2) is 60.9 Å². The van der Waals surface area contributed by atoms with Crippen molar-refractivity contribution in [1.82, 2.24) is 14.8 Å². The van der Waals surface area contributed by atoms with E-state index >= 15 is 0 Å². The summed E-state index contributed by atoms with van der Waals surface area (Å²) in [7, 11) is 1.31. The summed E-state index contributed by atoms with van der Waals surface area (Å²) in [6.45, 7) is 8.49. The molecule has 2 aliphatic rings. The number of fused-ring (bicyclic) bond motifs is 1. The highest BCUT2D eigenvalue weighted by molar-refractivity contribution is 6.33. The zero-order valence-corrected chi connectivity index (χ0v) is 31.2. The zero-order valence-electron chi connectivity index (χ0n) is 30.4. The maximum atomic E-state index is 12.1. The predicted molar refractivity (Wildman–Crippen MR) is 201 cm³/mol. The first-order valence-corrected chi connectivity index (χ1v) is 18.3. The summed E-state index contributed by atoms with van der Waals surface area (Å²) in [5.41, 5.74) is 7.95. The molecule has 1 saturated heterocycles. The van der Waals surface area contributed by atoms with Crippen LogP contribution in [0.2, 0.25) is 5.02 Å². The number of halogens is 1. The van der Waals surface area contributed by atoms with E-state index in [2.05, 4.69) is 35.9 Å². The third-order valence-electron chi connectivity index (χ3n) is 9.96. The number of rotatable bonds is 15. The summed E-state index contributed by atoms with van der Waals surface area (Å²) in [5.74, 6) is 0.440. The number of β-amino-alcohol motifs (C(OH)–C–C–N with tert-alkyl or cyclic N) is 1. The third-order valence-corrected chi connectivity index (χ3v) is 10.4. The van der Waals surface area contributed by atoms with Crippen molar-refractivity contribution >= 4 is 23.5 Å². The highest BCUT2D eigenvalue weighted by Gasteiger charge is 2.27. The van der Waals surface area contributed by atoms with Crippen molar-refractivity contribution in [3.05, 3.63) is 105 Å². The molecule has 4 aromatic rings.